The van der Waals surface area contributed by atoms with Gasteiger partial charge in [-0.15, -0.1) is 0 Å². The number of rotatable bonds is 4. The summed E-state index contributed by atoms with van der Waals surface area (Å²) in [5.41, 5.74) is 7.43. The zero-order valence-corrected chi connectivity index (χ0v) is 12.1. The van der Waals surface area contributed by atoms with Crippen LogP contribution < -0.4 is 15.2 Å². The number of hydrogen-bond acceptors (Lipinski definition) is 4. The van der Waals surface area contributed by atoms with Crippen molar-refractivity contribution in [3.05, 3.63) is 23.8 Å². The molecule has 0 aromatic heterocycles. The van der Waals surface area contributed by atoms with Crippen molar-refractivity contribution < 1.29 is 9.47 Å². The third-order valence-corrected chi connectivity index (χ3v) is 4.33. The smallest absolute Gasteiger partial charge is 0.161 e. The highest BCUT2D eigenvalue weighted by molar-refractivity contribution is 5.45. The van der Waals surface area contributed by atoms with Gasteiger partial charge in [-0.2, -0.15) is 0 Å². The second kappa shape index (κ2) is 5.80. The molecule has 0 radical (unpaired) electrons. The van der Waals surface area contributed by atoms with Crippen LogP contribution in [0.2, 0.25) is 0 Å². The van der Waals surface area contributed by atoms with E-state index < -0.39 is 0 Å². The van der Waals surface area contributed by atoms with Gasteiger partial charge in [-0.3, -0.25) is 0 Å². The van der Waals surface area contributed by atoms with E-state index in [2.05, 4.69) is 24.1 Å². The number of piperidine rings is 1. The van der Waals surface area contributed by atoms with Gasteiger partial charge in [-0.25, -0.2) is 0 Å². The number of nitrogens with two attached hydrogens (primary N) is 1. The summed E-state index contributed by atoms with van der Waals surface area (Å²) >= 11 is 0. The second-order valence-electron chi connectivity index (χ2n) is 5.36. The summed E-state index contributed by atoms with van der Waals surface area (Å²) in [6.45, 7) is 2.85. The lowest BCUT2D eigenvalue weighted by atomic mass is 9.73. The third-order valence-electron chi connectivity index (χ3n) is 4.33. The van der Waals surface area contributed by atoms with E-state index in [1.165, 1.54) is 5.56 Å². The van der Waals surface area contributed by atoms with E-state index in [0.29, 0.717) is 6.54 Å². The maximum atomic E-state index is 6.09. The molecule has 106 valence electrons. The van der Waals surface area contributed by atoms with E-state index in [-0.39, 0.29) is 5.41 Å². The van der Waals surface area contributed by atoms with Crippen LogP contribution in [0.1, 0.15) is 18.4 Å². The number of benzene rings is 1. The molecule has 2 rings (SSSR count). The van der Waals surface area contributed by atoms with E-state index in [1.54, 1.807) is 14.2 Å². The van der Waals surface area contributed by atoms with Gasteiger partial charge in [0.25, 0.3) is 0 Å². The van der Waals surface area contributed by atoms with E-state index in [0.717, 1.165) is 37.4 Å². The third kappa shape index (κ3) is 2.69. The van der Waals surface area contributed by atoms with Crippen LogP contribution in [0.15, 0.2) is 18.2 Å². The molecule has 1 saturated heterocycles. The van der Waals surface area contributed by atoms with Crippen molar-refractivity contribution in [2.45, 2.75) is 18.3 Å². The maximum absolute atomic E-state index is 6.09. The predicted octanol–water partition coefficient (Wildman–Crippen LogP) is 1.63. The van der Waals surface area contributed by atoms with Crippen molar-refractivity contribution >= 4 is 0 Å². The SMILES string of the molecule is COc1ccc(C2(CN)CCN(C)CC2)cc1OC. The Balaban J connectivity index is 2.33. The summed E-state index contributed by atoms with van der Waals surface area (Å²) in [7, 11) is 5.49. The Morgan fingerprint density at radius 1 is 1.16 bits per heavy atom. The Bertz CT molecular complexity index is 426. The molecule has 2 N–H and O–H groups in total. The molecule has 1 fully saturated rings. The minimum atomic E-state index is 0.0755. The first-order chi connectivity index (χ1) is 9.15. The first-order valence-corrected chi connectivity index (χ1v) is 6.76. The van der Waals surface area contributed by atoms with E-state index in [9.17, 15) is 0 Å². The molecular weight excluding hydrogens is 240 g/mol. The lowest BCUT2D eigenvalue weighted by molar-refractivity contribution is 0.191. The Labute approximate surface area is 115 Å². The van der Waals surface area contributed by atoms with E-state index in [1.807, 2.05) is 6.07 Å². The molecule has 1 aliphatic heterocycles. The average molecular weight is 264 g/mol. The van der Waals surface area contributed by atoms with Crippen LogP contribution in [-0.2, 0) is 5.41 Å². The van der Waals surface area contributed by atoms with E-state index >= 15 is 0 Å². The van der Waals surface area contributed by atoms with E-state index in [4.69, 9.17) is 15.2 Å². The van der Waals surface area contributed by atoms with Crippen LogP contribution >= 0.6 is 0 Å². The highest BCUT2D eigenvalue weighted by Crippen LogP contribution is 2.38. The summed E-state index contributed by atoms with van der Waals surface area (Å²) in [5, 5.41) is 0. The topological polar surface area (TPSA) is 47.7 Å². The minimum absolute atomic E-state index is 0.0755. The van der Waals surface area contributed by atoms with Gasteiger partial charge in [0.2, 0.25) is 0 Å². The lowest BCUT2D eigenvalue weighted by Crippen LogP contribution is -2.45. The molecule has 0 aliphatic carbocycles. The minimum Gasteiger partial charge on any atom is -0.493 e. The van der Waals surface area contributed by atoms with Crippen molar-refractivity contribution in [1.29, 1.82) is 0 Å². The Morgan fingerprint density at radius 3 is 2.32 bits per heavy atom. The first-order valence-electron chi connectivity index (χ1n) is 6.76. The molecule has 4 nitrogen and oxygen atoms in total. The molecule has 0 amide bonds. The monoisotopic (exact) mass is 264 g/mol. The molecule has 19 heavy (non-hydrogen) atoms. The number of nitrogens with zero attached hydrogens (tertiary/aromatic N) is 1. The molecule has 1 heterocycles. The van der Waals surface area contributed by atoms with Crippen LogP contribution in [0.5, 0.6) is 11.5 Å². The number of hydrogen-bond donors (Lipinski definition) is 1. The Kier molecular flexibility index (Phi) is 4.32. The van der Waals surface area contributed by atoms with Crippen LogP contribution in [0.25, 0.3) is 0 Å². The molecule has 1 aromatic rings. The largest absolute Gasteiger partial charge is 0.493 e. The molecule has 0 atom stereocenters. The van der Waals surface area contributed by atoms with Crippen molar-refractivity contribution in [3.63, 3.8) is 0 Å². The maximum Gasteiger partial charge on any atom is 0.161 e. The van der Waals surface area contributed by atoms with Crippen molar-refractivity contribution in [1.82, 2.24) is 4.90 Å². The van der Waals surface area contributed by atoms with Crippen molar-refractivity contribution in [3.8, 4) is 11.5 Å². The summed E-state index contributed by atoms with van der Waals surface area (Å²) in [5.74, 6) is 1.55. The van der Waals surface area contributed by atoms with Crippen LogP contribution in [0.4, 0.5) is 0 Å². The predicted molar refractivity (Wildman–Crippen MR) is 77.0 cm³/mol. The fourth-order valence-electron chi connectivity index (χ4n) is 2.82. The number of ether oxygens (including phenoxy) is 2. The highest BCUT2D eigenvalue weighted by atomic mass is 16.5. The molecule has 4 heteroatoms. The Hall–Kier alpha value is -1.26. The van der Waals surface area contributed by atoms with Crippen LogP contribution in [0, 0.1) is 0 Å². The van der Waals surface area contributed by atoms with Crippen molar-refractivity contribution in [2.75, 3.05) is 40.9 Å². The van der Waals surface area contributed by atoms with Gasteiger partial charge in [0, 0.05) is 12.0 Å². The first kappa shape index (κ1) is 14.2. The normalized spacial score (nSPS) is 19.2. The summed E-state index contributed by atoms with van der Waals surface area (Å²) in [6, 6.07) is 6.18. The lowest BCUT2D eigenvalue weighted by Gasteiger charge is -2.40. The van der Waals surface area contributed by atoms with Gasteiger partial charge in [-0.1, -0.05) is 6.07 Å². The zero-order valence-electron chi connectivity index (χ0n) is 12.1. The van der Waals surface area contributed by atoms with Crippen molar-refractivity contribution in [2.24, 2.45) is 5.73 Å². The van der Waals surface area contributed by atoms with Gasteiger partial charge < -0.3 is 20.1 Å². The molecule has 0 bridgehead atoms. The van der Waals surface area contributed by atoms with Crippen LogP contribution in [-0.4, -0.2) is 45.8 Å². The fourth-order valence-corrected chi connectivity index (χ4v) is 2.82. The van der Waals surface area contributed by atoms with Gasteiger partial charge in [0.15, 0.2) is 11.5 Å². The average Bonchev–Trinajstić information content (AvgIpc) is 2.47. The standard InChI is InChI=1S/C15H24N2O2/c1-17-8-6-15(11-16,7-9-17)12-4-5-13(18-2)14(10-12)19-3/h4-5,10H,6-9,11,16H2,1-3H3. The summed E-state index contributed by atoms with van der Waals surface area (Å²) < 4.78 is 10.7. The fraction of sp³-hybridized carbons (Fsp3) is 0.600. The molecule has 0 spiro atoms. The van der Waals surface area contributed by atoms with Gasteiger partial charge >= 0.3 is 0 Å². The molecule has 1 aromatic carbocycles. The summed E-state index contributed by atoms with van der Waals surface area (Å²) in [4.78, 5) is 2.36. The number of methoxy groups -OCH3 is 2. The number of likely N-dealkylation sites (tertiary alicyclic amines) is 1. The van der Waals surface area contributed by atoms with Gasteiger partial charge in [0.05, 0.1) is 14.2 Å². The second-order valence-corrected chi connectivity index (χ2v) is 5.36. The highest BCUT2D eigenvalue weighted by Gasteiger charge is 2.34. The van der Waals surface area contributed by atoms with Crippen LogP contribution in [0.3, 0.4) is 0 Å². The zero-order chi connectivity index (χ0) is 13.9. The van der Waals surface area contributed by atoms with Gasteiger partial charge in [0.1, 0.15) is 0 Å². The molecule has 1 aliphatic rings. The molecule has 0 saturated carbocycles. The molecule has 0 unspecified atom stereocenters. The quantitative estimate of drug-likeness (QED) is 0.898. The Morgan fingerprint density at radius 2 is 1.79 bits per heavy atom. The summed E-state index contributed by atoms with van der Waals surface area (Å²) in [6.07, 6.45) is 2.19. The van der Waals surface area contributed by atoms with Gasteiger partial charge in [-0.05, 0) is 50.7 Å². The molecular formula is C15H24N2O2.